The molecule has 2 rings (SSSR count). The molecule has 1 aromatic carbocycles. The number of rotatable bonds is 1. The maximum Gasteiger partial charge on any atom is 0.465 e. The minimum absolute atomic E-state index is 0.292. The van der Waals surface area contributed by atoms with Gasteiger partial charge in [0.25, 0.3) is 0 Å². The summed E-state index contributed by atoms with van der Waals surface area (Å²) in [5, 5.41) is 2.05. The molecular formula is C12H7F8NO3. The van der Waals surface area contributed by atoms with E-state index in [9.17, 15) is 39.9 Å². The van der Waals surface area contributed by atoms with Crippen LogP contribution in [0.25, 0.3) is 0 Å². The lowest BCUT2D eigenvalue weighted by atomic mass is 10.1. The Labute approximate surface area is 128 Å². The highest BCUT2D eigenvalue weighted by molar-refractivity contribution is 5.88. The van der Waals surface area contributed by atoms with Crippen LogP contribution in [-0.4, -0.2) is 24.0 Å². The number of hydrogen-bond acceptors (Lipinski definition) is 3. The largest absolute Gasteiger partial charge is 0.465 e. The summed E-state index contributed by atoms with van der Waals surface area (Å²) in [5.74, 6) is -7.60. The van der Waals surface area contributed by atoms with Gasteiger partial charge in [0, 0.05) is 12.6 Å². The predicted molar refractivity (Wildman–Crippen MR) is 61.2 cm³/mol. The van der Waals surface area contributed by atoms with E-state index in [1.54, 1.807) is 0 Å². The molecular weight excluding hydrogens is 358 g/mol. The summed E-state index contributed by atoms with van der Waals surface area (Å²) < 4.78 is 111. The highest BCUT2D eigenvalue weighted by atomic mass is 19.4. The van der Waals surface area contributed by atoms with Crippen molar-refractivity contribution in [2.45, 2.75) is 31.2 Å². The van der Waals surface area contributed by atoms with Crippen molar-refractivity contribution in [1.29, 1.82) is 0 Å². The van der Waals surface area contributed by atoms with Crippen LogP contribution >= 0.6 is 0 Å². The van der Waals surface area contributed by atoms with Gasteiger partial charge in [0.05, 0.1) is 5.56 Å². The third-order valence-corrected chi connectivity index (χ3v) is 2.89. The molecule has 1 amide bonds. The summed E-state index contributed by atoms with van der Waals surface area (Å²) in [6.07, 6.45) is -17.6. The number of halogens is 8. The smallest absolute Gasteiger partial charge is 0.446 e. The Morgan fingerprint density at radius 3 is 2.08 bits per heavy atom. The quantitative estimate of drug-likeness (QED) is 0.768. The Bertz CT molecular complexity index is 653. The van der Waals surface area contributed by atoms with Crippen LogP contribution in [-0.2, 0) is 15.6 Å². The van der Waals surface area contributed by atoms with Crippen LogP contribution in [0.3, 0.4) is 0 Å². The van der Waals surface area contributed by atoms with Gasteiger partial charge in [-0.25, -0.2) is 0 Å². The summed E-state index contributed by atoms with van der Waals surface area (Å²) in [4.78, 5) is 10.8. The Morgan fingerprint density at radius 2 is 1.62 bits per heavy atom. The first kappa shape index (κ1) is 18.2. The topological polar surface area (TPSA) is 47.6 Å². The van der Waals surface area contributed by atoms with Gasteiger partial charge in [0.2, 0.25) is 5.91 Å². The summed E-state index contributed by atoms with van der Waals surface area (Å²) in [7, 11) is 0. The van der Waals surface area contributed by atoms with Crippen molar-refractivity contribution >= 4 is 11.6 Å². The Morgan fingerprint density at radius 1 is 1.08 bits per heavy atom. The number of hydrogen-bond donors (Lipinski definition) is 1. The van der Waals surface area contributed by atoms with Crippen LogP contribution in [0, 0.1) is 0 Å². The zero-order valence-corrected chi connectivity index (χ0v) is 11.5. The molecule has 0 fully saturated rings. The lowest BCUT2D eigenvalue weighted by Crippen LogP contribution is -2.66. The number of benzene rings is 1. The molecule has 1 aromatic rings. The van der Waals surface area contributed by atoms with Crippen LogP contribution < -0.4 is 10.1 Å². The average Bonchev–Trinajstić information content (AvgIpc) is 2.35. The Hall–Kier alpha value is -2.11. The number of anilines is 1. The van der Waals surface area contributed by atoms with Crippen LogP contribution in [0.4, 0.5) is 40.8 Å². The van der Waals surface area contributed by atoms with E-state index in [2.05, 4.69) is 9.47 Å². The van der Waals surface area contributed by atoms with E-state index >= 15 is 0 Å². The highest BCUT2D eigenvalue weighted by Gasteiger charge is 2.80. The molecule has 0 aromatic heterocycles. The van der Waals surface area contributed by atoms with E-state index < -0.39 is 41.5 Å². The first-order chi connectivity index (χ1) is 10.7. The van der Waals surface area contributed by atoms with Gasteiger partial charge in [0.15, 0.2) is 0 Å². The summed E-state index contributed by atoms with van der Waals surface area (Å²) in [6, 6.07) is 1.70. The van der Waals surface area contributed by atoms with Crippen molar-refractivity contribution in [1.82, 2.24) is 0 Å². The van der Waals surface area contributed by atoms with Crippen LogP contribution in [0.5, 0.6) is 5.75 Å². The van der Waals surface area contributed by atoms with Gasteiger partial charge in [-0.1, -0.05) is 0 Å². The standard InChI is InChI=1S/C12H7F8NO3/c1-5(22)21-6-2-3-8-7(4-6)9(13,14)24-10(23-8,11(15,16)17)12(18,19)20/h2-4H,1H3,(H,21,22). The van der Waals surface area contributed by atoms with Gasteiger partial charge in [-0.05, 0) is 18.2 Å². The molecule has 1 N–H and O–H groups in total. The molecule has 4 nitrogen and oxygen atoms in total. The normalized spacial score (nSPS) is 19.2. The summed E-state index contributed by atoms with van der Waals surface area (Å²) in [6.45, 7) is 1.02. The predicted octanol–water partition coefficient (Wildman–Crippen LogP) is 3.92. The molecule has 0 bridgehead atoms. The van der Waals surface area contributed by atoms with Crippen molar-refractivity contribution in [2.75, 3.05) is 5.32 Å². The average molecular weight is 365 g/mol. The van der Waals surface area contributed by atoms with E-state index in [1.165, 1.54) is 0 Å². The van der Waals surface area contributed by atoms with Crippen LogP contribution in [0.1, 0.15) is 12.5 Å². The third-order valence-electron chi connectivity index (χ3n) is 2.89. The fourth-order valence-electron chi connectivity index (χ4n) is 1.93. The number of alkyl halides is 8. The molecule has 0 radical (unpaired) electrons. The van der Waals surface area contributed by atoms with Crippen molar-refractivity contribution < 1.29 is 49.4 Å². The Balaban J connectivity index is 2.60. The van der Waals surface area contributed by atoms with Crippen molar-refractivity contribution in [3.8, 4) is 5.75 Å². The van der Waals surface area contributed by atoms with Gasteiger partial charge >= 0.3 is 24.2 Å². The second kappa shape index (κ2) is 5.19. The Kier molecular flexibility index (Phi) is 3.95. The molecule has 0 aliphatic carbocycles. The zero-order valence-electron chi connectivity index (χ0n) is 11.5. The van der Waals surface area contributed by atoms with Gasteiger partial charge in [-0.15, -0.1) is 0 Å². The number of nitrogens with one attached hydrogen (secondary N) is 1. The number of carbonyl (C=O) groups excluding carboxylic acids is 1. The molecule has 0 saturated carbocycles. The van der Waals surface area contributed by atoms with E-state index in [0.29, 0.717) is 12.1 Å². The monoisotopic (exact) mass is 365 g/mol. The molecule has 0 atom stereocenters. The molecule has 1 heterocycles. The van der Waals surface area contributed by atoms with Crippen LogP contribution in [0.15, 0.2) is 18.2 Å². The minimum Gasteiger partial charge on any atom is -0.446 e. The number of ether oxygens (including phenoxy) is 2. The van der Waals surface area contributed by atoms with Crippen molar-refractivity contribution in [3.05, 3.63) is 23.8 Å². The summed E-state index contributed by atoms with van der Waals surface area (Å²) in [5.41, 5.74) is -1.68. The molecule has 134 valence electrons. The lowest BCUT2D eigenvalue weighted by Gasteiger charge is -2.42. The van der Waals surface area contributed by atoms with E-state index in [0.717, 1.165) is 13.0 Å². The number of fused-ring (bicyclic) bond motifs is 1. The van der Waals surface area contributed by atoms with Crippen molar-refractivity contribution in [3.63, 3.8) is 0 Å². The minimum atomic E-state index is -6.33. The zero-order chi connectivity index (χ0) is 18.6. The molecule has 24 heavy (non-hydrogen) atoms. The lowest BCUT2D eigenvalue weighted by molar-refractivity contribution is -0.506. The number of amides is 1. The first-order valence-corrected chi connectivity index (χ1v) is 6.02. The maximum absolute atomic E-state index is 13.9. The van der Waals surface area contributed by atoms with Crippen molar-refractivity contribution in [2.24, 2.45) is 0 Å². The third kappa shape index (κ3) is 2.85. The van der Waals surface area contributed by atoms with E-state index in [4.69, 9.17) is 0 Å². The maximum atomic E-state index is 13.9. The summed E-state index contributed by atoms with van der Waals surface area (Å²) >= 11 is 0. The van der Waals surface area contributed by atoms with Gasteiger partial charge in [0.1, 0.15) is 5.75 Å². The molecule has 1 aliphatic rings. The SMILES string of the molecule is CC(=O)Nc1ccc2c(c1)C(F)(F)OC(C(F)(F)F)(C(F)(F)F)O2. The molecule has 0 saturated heterocycles. The van der Waals surface area contributed by atoms with Crippen LogP contribution in [0.2, 0.25) is 0 Å². The second-order valence-electron chi connectivity index (χ2n) is 4.73. The number of carbonyl (C=O) groups is 1. The molecule has 1 aliphatic heterocycles. The van der Waals surface area contributed by atoms with E-state index in [1.807, 2.05) is 5.32 Å². The fraction of sp³-hybridized carbons (Fsp3) is 0.417. The van der Waals surface area contributed by atoms with E-state index in [-0.39, 0.29) is 5.69 Å². The van der Waals surface area contributed by atoms with Gasteiger partial charge in [-0.3, -0.25) is 9.53 Å². The molecule has 0 spiro atoms. The highest BCUT2D eigenvalue weighted by Crippen LogP contribution is 2.56. The van der Waals surface area contributed by atoms with Gasteiger partial charge in [-0.2, -0.15) is 35.1 Å². The molecule has 12 heteroatoms. The molecule has 0 unspecified atom stereocenters. The van der Waals surface area contributed by atoms with Gasteiger partial charge < -0.3 is 10.1 Å². The second-order valence-corrected chi connectivity index (χ2v) is 4.73. The first-order valence-electron chi connectivity index (χ1n) is 6.02. The fourth-order valence-corrected chi connectivity index (χ4v) is 1.93.